The molecule has 0 radical (unpaired) electrons. The van der Waals surface area contributed by atoms with Gasteiger partial charge in [-0.3, -0.25) is 10.1 Å². The summed E-state index contributed by atoms with van der Waals surface area (Å²) in [4.78, 5) is 16.9. The van der Waals surface area contributed by atoms with Crippen molar-refractivity contribution in [3.63, 3.8) is 0 Å². The van der Waals surface area contributed by atoms with Crippen LogP contribution in [0.3, 0.4) is 0 Å². The van der Waals surface area contributed by atoms with Gasteiger partial charge in [0.15, 0.2) is 5.13 Å². The highest BCUT2D eigenvalue weighted by molar-refractivity contribution is 7.15. The topological polar surface area (TPSA) is 51.2 Å². The van der Waals surface area contributed by atoms with Gasteiger partial charge in [-0.05, 0) is 26.0 Å². The fourth-order valence-corrected chi connectivity index (χ4v) is 2.30. The highest BCUT2D eigenvalue weighted by Crippen LogP contribution is 2.20. The number of aromatic nitrogens is 1. The van der Waals surface area contributed by atoms with Crippen LogP contribution in [0.25, 0.3) is 6.08 Å². The second-order valence-corrected chi connectivity index (χ2v) is 5.30. The minimum atomic E-state index is -0.203. The summed E-state index contributed by atoms with van der Waals surface area (Å²) in [6.45, 7) is 4.47. The minimum absolute atomic E-state index is 0.203. The molecular formula is C15H16N2O2S. The molecule has 0 fully saturated rings. The first-order chi connectivity index (χ1) is 9.69. The molecule has 0 aliphatic heterocycles. The fourth-order valence-electron chi connectivity index (χ4n) is 1.63. The maximum absolute atomic E-state index is 11.8. The Morgan fingerprint density at radius 1 is 1.45 bits per heavy atom. The average Bonchev–Trinajstić information content (AvgIpc) is 2.83. The second kappa shape index (κ2) is 6.86. The minimum Gasteiger partial charge on any atom is -0.493 e. The fraction of sp³-hybridized carbons (Fsp3) is 0.200. The van der Waals surface area contributed by atoms with Gasteiger partial charge < -0.3 is 4.74 Å². The Balaban J connectivity index is 2.03. The van der Waals surface area contributed by atoms with Gasteiger partial charge in [-0.15, -0.1) is 11.3 Å². The SMILES string of the molecule is CCOc1ccccc1/C=C/C(=O)Nc1ncc(C)s1. The second-order valence-electron chi connectivity index (χ2n) is 4.07. The summed E-state index contributed by atoms with van der Waals surface area (Å²) >= 11 is 1.45. The molecule has 104 valence electrons. The Hall–Kier alpha value is -2.14. The molecule has 0 bridgehead atoms. The predicted octanol–water partition coefficient (Wildman–Crippen LogP) is 3.50. The van der Waals surface area contributed by atoms with E-state index in [1.165, 1.54) is 17.4 Å². The zero-order valence-corrected chi connectivity index (χ0v) is 12.2. The van der Waals surface area contributed by atoms with Crippen LogP contribution in [0.2, 0.25) is 0 Å². The molecule has 1 N–H and O–H groups in total. The van der Waals surface area contributed by atoms with E-state index in [0.29, 0.717) is 11.7 Å². The van der Waals surface area contributed by atoms with E-state index in [9.17, 15) is 4.79 Å². The predicted molar refractivity (Wildman–Crippen MR) is 82.1 cm³/mol. The lowest BCUT2D eigenvalue weighted by molar-refractivity contribution is -0.111. The molecule has 0 atom stereocenters. The van der Waals surface area contributed by atoms with Gasteiger partial charge in [0, 0.05) is 22.7 Å². The van der Waals surface area contributed by atoms with E-state index in [4.69, 9.17) is 4.74 Å². The van der Waals surface area contributed by atoms with Crippen molar-refractivity contribution in [2.75, 3.05) is 11.9 Å². The zero-order chi connectivity index (χ0) is 14.4. The van der Waals surface area contributed by atoms with Crippen LogP contribution < -0.4 is 10.1 Å². The molecule has 1 heterocycles. The summed E-state index contributed by atoms with van der Waals surface area (Å²) in [6, 6.07) is 7.60. The number of nitrogens with one attached hydrogen (secondary N) is 1. The third-order valence-corrected chi connectivity index (χ3v) is 3.31. The first-order valence-corrected chi connectivity index (χ1v) is 7.14. The van der Waals surface area contributed by atoms with Gasteiger partial charge in [0.25, 0.3) is 0 Å². The summed E-state index contributed by atoms with van der Waals surface area (Å²) < 4.78 is 5.50. The Morgan fingerprint density at radius 2 is 2.25 bits per heavy atom. The molecule has 0 unspecified atom stereocenters. The summed E-state index contributed by atoms with van der Waals surface area (Å²) in [5.41, 5.74) is 0.875. The van der Waals surface area contributed by atoms with E-state index in [-0.39, 0.29) is 5.91 Å². The van der Waals surface area contributed by atoms with Crippen LogP contribution in [0.5, 0.6) is 5.75 Å². The van der Waals surface area contributed by atoms with E-state index in [0.717, 1.165) is 16.2 Å². The molecule has 0 aliphatic carbocycles. The van der Waals surface area contributed by atoms with Gasteiger partial charge in [0.05, 0.1) is 6.61 Å². The molecule has 2 rings (SSSR count). The highest BCUT2D eigenvalue weighted by atomic mass is 32.1. The zero-order valence-electron chi connectivity index (χ0n) is 11.4. The first-order valence-electron chi connectivity index (χ1n) is 6.32. The van der Waals surface area contributed by atoms with E-state index >= 15 is 0 Å². The molecule has 2 aromatic rings. The molecule has 0 spiro atoms. The van der Waals surface area contributed by atoms with Crippen molar-refractivity contribution < 1.29 is 9.53 Å². The smallest absolute Gasteiger partial charge is 0.250 e. The van der Waals surface area contributed by atoms with Gasteiger partial charge in [-0.2, -0.15) is 0 Å². The number of carbonyl (C=O) groups is 1. The number of anilines is 1. The molecule has 4 nitrogen and oxygen atoms in total. The first kappa shape index (κ1) is 14.3. The van der Waals surface area contributed by atoms with Crippen LogP contribution in [0.4, 0.5) is 5.13 Å². The molecule has 5 heteroatoms. The molecular weight excluding hydrogens is 272 g/mol. The molecule has 1 aromatic heterocycles. The van der Waals surface area contributed by atoms with Gasteiger partial charge >= 0.3 is 0 Å². The third-order valence-electron chi connectivity index (χ3n) is 2.48. The monoisotopic (exact) mass is 288 g/mol. The van der Waals surface area contributed by atoms with E-state index in [1.807, 2.05) is 38.1 Å². The Labute approximate surface area is 122 Å². The summed E-state index contributed by atoms with van der Waals surface area (Å²) in [5.74, 6) is 0.565. The van der Waals surface area contributed by atoms with Crippen molar-refractivity contribution in [3.05, 3.63) is 47.0 Å². The van der Waals surface area contributed by atoms with Crippen molar-refractivity contribution >= 4 is 28.5 Å². The number of ether oxygens (including phenoxy) is 1. The Bertz CT molecular complexity index is 620. The number of hydrogen-bond acceptors (Lipinski definition) is 4. The normalized spacial score (nSPS) is 10.7. The van der Waals surface area contributed by atoms with Crippen LogP contribution in [0, 0.1) is 6.92 Å². The van der Waals surface area contributed by atoms with E-state index in [1.54, 1.807) is 12.3 Å². The van der Waals surface area contributed by atoms with Crippen LogP contribution in [-0.2, 0) is 4.79 Å². The van der Waals surface area contributed by atoms with Gasteiger partial charge in [0.1, 0.15) is 5.75 Å². The molecule has 1 amide bonds. The quantitative estimate of drug-likeness (QED) is 0.857. The van der Waals surface area contributed by atoms with E-state index in [2.05, 4.69) is 10.3 Å². The summed E-state index contributed by atoms with van der Waals surface area (Å²) in [6.07, 6.45) is 4.95. The lowest BCUT2D eigenvalue weighted by Gasteiger charge is -2.06. The van der Waals surface area contributed by atoms with Crippen molar-refractivity contribution in [3.8, 4) is 5.75 Å². The van der Waals surface area contributed by atoms with Crippen molar-refractivity contribution in [1.82, 2.24) is 4.98 Å². The number of rotatable bonds is 5. The lowest BCUT2D eigenvalue weighted by atomic mass is 10.2. The third kappa shape index (κ3) is 3.93. The molecule has 0 saturated carbocycles. The lowest BCUT2D eigenvalue weighted by Crippen LogP contribution is -2.07. The summed E-state index contributed by atoms with van der Waals surface area (Å²) in [7, 11) is 0. The van der Waals surface area contributed by atoms with Gasteiger partial charge in [-0.25, -0.2) is 4.98 Å². The maximum Gasteiger partial charge on any atom is 0.250 e. The number of thiazole rings is 1. The van der Waals surface area contributed by atoms with E-state index < -0.39 is 0 Å². The number of para-hydroxylation sites is 1. The number of benzene rings is 1. The highest BCUT2D eigenvalue weighted by Gasteiger charge is 2.03. The molecule has 0 aliphatic rings. The summed E-state index contributed by atoms with van der Waals surface area (Å²) in [5, 5.41) is 3.33. The average molecular weight is 288 g/mol. The molecule has 1 aromatic carbocycles. The van der Waals surface area contributed by atoms with Crippen LogP contribution in [0.15, 0.2) is 36.5 Å². The van der Waals surface area contributed by atoms with Crippen LogP contribution in [-0.4, -0.2) is 17.5 Å². The number of aryl methyl sites for hydroxylation is 1. The van der Waals surface area contributed by atoms with Crippen LogP contribution in [0.1, 0.15) is 17.4 Å². The maximum atomic E-state index is 11.8. The molecule has 0 saturated heterocycles. The number of amides is 1. The van der Waals surface area contributed by atoms with Gasteiger partial charge in [0.2, 0.25) is 5.91 Å². The van der Waals surface area contributed by atoms with Crippen molar-refractivity contribution in [1.29, 1.82) is 0 Å². The Kier molecular flexibility index (Phi) is 4.90. The van der Waals surface area contributed by atoms with Crippen molar-refractivity contribution in [2.24, 2.45) is 0 Å². The van der Waals surface area contributed by atoms with Crippen LogP contribution >= 0.6 is 11.3 Å². The molecule has 20 heavy (non-hydrogen) atoms. The largest absolute Gasteiger partial charge is 0.493 e. The van der Waals surface area contributed by atoms with Gasteiger partial charge in [-0.1, -0.05) is 18.2 Å². The number of nitrogens with zero attached hydrogens (tertiary/aromatic N) is 1. The number of hydrogen-bond donors (Lipinski definition) is 1. The Morgan fingerprint density at radius 3 is 2.95 bits per heavy atom. The standard InChI is InChI=1S/C15H16N2O2S/c1-3-19-13-7-5-4-6-12(13)8-9-14(18)17-15-16-10-11(2)20-15/h4-10H,3H2,1-2H3,(H,16,17,18)/b9-8+. The number of carbonyl (C=O) groups excluding carboxylic acids is 1. The van der Waals surface area contributed by atoms with Crippen molar-refractivity contribution in [2.45, 2.75) is 13.8 Å².